The molecule has 0 saturated carbocycles. The zero-order chi connectivity index (χ0) is 19.4. The van der Waals surface area contributed by atoms with Crippen LogP contribution in [0.1, 0.15) is 20.8 Å². The SMILES string of the molecule is CC(C)(C)OC(=O)N1CCN2C(NCC(=O)Nc3cccnc3)=NCC2C1.I. The number of anilines is 1. The molecule has 2 amide bonds. The quantitative estimate of drug-likeness (QED) is 0.609. The molecule has 28 heavy (non-hydrogen) atoms. The molecule has 1 fully saturated rings. The van der Waals surface area contributed by atoms with Crippen molar-refractivity contribution < 1.29 is 14.3 Å². The average Bonchev–Trinajstić information content (AvgIpc) is 3.01. The summed E-state index contributed by atoms with van der Waals surface area (Å²) in [6, 6.07) is 3.65. The Kier molecular flexibility index (Phi) is 7.44. The van der Waals surface area contributed by atoms with Gasteiger partial charge in [-0.1, -0.05) is 0 Å². The standard InChI is InChI=1S/C18H26N6O3.HI/c1-18(2,3)27-17(26)23-7-8-24-14(12-23)10-20-16(24)21-11-15(25)22-13-5-4-6-19-9-13;/h4-6,9,14H,7-8,10-12H2,1-3H3,(H,20,21)(H,22,25);1H. The molecule has 0 spiro atoms. The van der Waals surface area contributed by atoms with Gasteiger partial charge in [0.2, 0.25) is 5.91 Å². The number of nitrogens with zero attached hydrogens (tertiary/aromatic N) is 4. The van der Waals surface area contributed by atoms with Crippen molar-refractivity contribution in [1.29, 1.82) is 0 Å². The summed E-state index contributed by atoms with van der Waals surface area (Å²) in [7, 11) is 0. The second kappa shape index (κ2) is 9.39. The van der Waals surface area contributed by atoms with Crippen molar-refractivity contribution in [2.45, 2.75) is 32.4 Å². The Morgan fingerprint density at radius 2 is 2.11 bits per heavy atom. The number of carbonyl (C=O) groups excluding carboxylic acids is 2. The average molecular weight is 502 g/mol. The van der Waals surface area contributed by atoms with Crippen molar-refractivity contribution in [2.24, 2.45) is 4.99 Å². The van der Waals surface area contributed by atoms with Crippen LogP contribution in [-0.2, 0) is 9.53 Å². The van der Waals surface area contributed by atoms with Crippen molar-refractivity contribution >= 4 is 47.6 Å². The van der Waals surface area contributed by atoms with Crippen molar-refractivity contribution in [3.63, 3.8) is 0 Å². The fourth-order valence-electron chi connectivity index (χ4n) is 3.02. The third kappa shape index (κ3) is 5.94. The molecule has 2 aliphatic rings. The van der Waals surface area contributed by atoms with E-state index in [-0.39, 0.29) is 48.6 Å². The maximum Gasteiger partial charge on any atom is 0.410 e. The van der Waals surface area contributed by atoms with E-state index in [1.54, 1.807) is 29.4 Å². The number of guanidine groups is 1. The molecule has 0 radical (unpaired) electrons. The molecule has 3 rings (SSSR count). The summed E-state index contributed by atoms with van der Waals surface area (Å²) in [5.74, 6) is 0.534. The molecule has 0 aromatic carbocycles. The van der Waals surface area contributed by atoms with E-state index in [4.69, 9.17) is 4.74 Å². The van der Waals surface area contributed by atoms with Gasteiger partial charge in [-0.15, -0.1) is 24.0 Å². The first kappa shape index (κ1) is 22.2. The molecular weight excluding hydrogens is 475 g/mol. The van der Waals surface area contributed by atoms with Gasteiger partial charge in [0.25, 0.3) is 0 Å². The number of pyridine rings is 1. The first-order chi connectivity index (χ1) is 12.8. The van der Waals surface area contributed by atoms with Crippen LogP contribution in [0.5, 0.6) is 0 Å². The minimum Gasteiger partial charge on any atom is -0.444 e. The van der Waals surface area contributed by atoms with Gasteiger partial charge in [-0.3, -0.25) is 14.8 Å². The molecule has 1 unspecified atom stereocenters. The van der Waals surface area contributed by atoms with Crippen LogP contribution in [0, 0.1) is 0 Å². The Hall–Kier alpha value is -2.11. The number of halogens is 1. The predicted molar refractivity (Wildman–Crippen MR) is 117 cm³/mol. The molecule has 0 aliphatic carbocycles. The number of aromatic nitrogens is 1. The number of nitrogens with one attached hydrogen (secondary N) is 2. The first-order valence-electron chi connectivity index (χ1n) is 9.04. The van der Waals surface area contributed by atoms with Gasteiger partial charge in [-0.2, -0.15) is 0 Å². The number of ether oxygens (including phenoxy) is 1. The molecule has 1 saturated heterocycles. The molecule has 3 heterocycles. The van der Waals surface area contributed by atoms with Crippen LogP contribution in [-0.4, -0.2) is 77.1 Å². The van der Waals surface area contributed by atoms with Gasteiger partial charge >= 0.3 is 6.09 Å². The molecule has 154 valence electrons. The number of piperazine rings is 1. The lowest BCUT2D eigenvalue weighted by molar-refractivity contribution is -0.115. The number of aliphatic imine (C=N–C) groups is 1. The van der Waals surface area contributed by atoms with E-state index in [1.807, 2.05) is 20.8 Å². The third-order valence-corrected chi connectivity index (χ3v) is 4.21. The lowest BCUT2D eigenvalue weighted by atomic mass is 10.2. The Morgan fingerprint density at radius 3 is 2.79 bits per heavy atom. The van der Waals surface area contributed by atoms with Crippen molar-refractivity contribution in [2.75, 3.05) is 38.0 Å². The summed E-state index contributed by atoms with van der Waals surface area (Å²) in [5, 5.41) is 5.87. The minimum absolute atomic E-state index is 0. The second-order valence-electron chi connectivity index (χ2n) is 7.58. The molecule has 2 N–H and O–H groups in total. The highest BCUT2D eigenvalue weighted by molar-refractivity contribution is 14.0. The summed E-state index contributed by atoms with van der Waals surface area (Å²) in [6.45, 7) is 8.06. The fourth-order valence-corrected chi connectivity index (χ4v) is 3.02. The number of hydrogen-bond donors (Lipinski definition) is 2. The monoisotopic (exact) mass is 502 g/mol. The van der Waals surface area contributed by atoms with Crippen molar-refractivity contribution in [3.8, 4) is 0 Å². The van der Waals surface area contributed by atoms with E-state index in [9.17, 15) is 9.59 Å². The maximum atomic E-state index is 12.2. The summed E-state index contributed by atoms with van der Waals surface area (Å²) >= 11 is 0. The topological polar surface area (TPSA) is 99.2 Å². The summed E-state index contributed by atoms with van der Waals surface area (Å²) in [5.41, 5.74) is 0.149. The Balaban J connectivity index is 0.00000280. The van der Waals surface area contributed by atoms with E-state index in [0.717, 1.165) is 0 Å². The van der Waals surface area contributed by atoms with E-state index >= 15 is 0 Å². The van der Waals surface area contributed by atoms with Gasteiger partial charge in [0.05, 0.1) is 31.0 Å². The van der Waals surface area contributed by atoms with Crippen LogP contribution in [0.2, 0.25) is 0 Å². The van der Waals surface area contributed by atoms with Crippen molar-refractivity contribution in [1.82, 2.24) is 20.1 Å². The Labute approximate surface area is 181 Å². The summed E-state index contributed by atoms with van der Waals surface area (Å²) in [6.07, 6.45) is 2.95. The molecule has 1 atom stereocenters. The normalized spacial score (nSPS) is 18.5. The van der Waals surface area contributed by atoms with Crippen LogP contribution >= 0.6 is 24.0 Å². The highest BCUT2D eigenvalue weighted by Gasteiger charge is 2.36. The van der Waals surface area contributed by atoms with Gasteiger partial charge in [0.1, 0.15) is 5.60 Å². The number of hydrogen-bond acceptors (Lipinski definition) is 7. The van der Waals surface area contributed by atoms with Gasteiger partial charge in [-0.05, 0) is 32.9 Å². The Bertz CT molecular complexity index is 722. The largest absolute Gasteiger partial charge is 0.444 e. The van der Waals surface area contributed by atoms with Crippen LogP contribution in [0.25, 0.3) is 0 Å². The van der Waals surface area contributed by atoms with Crippen LogP contribution < -0.4 is 10.6 Å². The van der Waals surface area contributed by atoms with Crippen LogP contribution in [0.15, 0.2) is 29.5 Å². The van der Waals surface area contributed by atoms with Gasteiger partial charge < -0.3 is 25.2 Å². The molecule has 1 aromatic rings. The highest BCUT2D eigenvalue weighted by Crippen LogP contribution is 2.18. The zero-order valence-corrected chi connectivity index (χ0v) is 18.7. The minimum atomic E-state index is -0.505. The fraction of sp³-hybridized carbons (Fsp3) is 0.556. The second-order valence-corrected chi connectivity index (χ2v) is 7.58. The smallest absolute Gasteiger partial charge is 0.410 e. The van der Waals surface area contributed by atoms with Crippen LogP contribution in [0.4, 0.5) is 10.5 Å². The zero-order valence-electron chi connectivity index (χ0n) is 16.3. The first-order valence-corrected chi connectivity index (χ1v) is 9.04. The molecule has 1 aromatic heterocycles. The van der Waals surface area contributed by atoms with Gasteiger partial charge in [0, 0.05) is 25.8 Å². The van der Waals surface area contributed by atoms with E-state index in [2.05, 4.69) is 25.5 Å². The maximum absolute atomic E-state index is 12.2. The summed E-state index contributed by atoms with van der Waals surface area (Å²) in [4.78, 5) is 36.6. The number of carbonyl (C=O) groups is 2. The van der Waals surface area contributed by atoms with Crippen molar-refractivity contribution in [3.05, 3.63) is 24.5 Å². The molecular formula is C18H27IN6O3. The lowest BCUT2D eigenvalue weighted by Crippen LogP contribution is -2.58. The lowest BCUT2D eigenvalue weighted by Gasteiger charge is -2.39. The van der Waals surface area contributed by atoms with E-state index < -0.39 is 5.60 Å². The predicted octanol–water partition coefficient (Wildman–Crippen LogP) is 1.52. The van der Waals surface area contributed by atoms with Gasteiger partial charge in [0.15, 0.2) is 5.96 Å². The molecule has 0 bridgehead atoms. The molecule has 2 aliphatic heterocycles. The highest BCUT2D eigenvalue weighted by atomic mass is 127. The number of rotatable bonds is 3. The number of amides is 2. The number of fused-ring (bicyclic) bond motifs is 1. The van der Waals surface area contributed by atoms with Crippen LogP contribution in [0.3, 0.4) is 0 Å². The Morgan fingerprint density at radius 1 is 1.32 bits per heavy atom. The third-order valence-electron chi connectivity index (χ3n) is 4.21. The molecule has 9 nitrogen and oxygen atoms in total. The van der Waals surface area contributed by atoms with E-state index in [0.29, 0.717) is 37.8 Å². The van der Waals surface area contributed by atoms with E-state index in [1.165, 1.54) is 0 Å². The summed E-state index contributed by atoms with van der Waals surface area (Å²) < 4.78 is 5.45. The molecule has 10 heteroatoms. The van der Waals surface area contributed by atoms with Gasteiger partial charge in [-0.25, -0.2) is 4.79 Å².